The van der Waals surface area contributed by atoms with Crippen LogP contribution in [0.5, 0.6) is 0 Å². The zero-order valence-electron chi connectivity index (χ0n) is 17.3. The van der Waals surface area contributed by atoms with Crippen molar-refractivity contribution in [2.24, 2.45) is 17.6 Å². The maximum absolute atomic E-state index is 12.8. The van der Waals surface area contributed by atoms with Gasteiger partial charge < -0.3 is 25.8 Å². The highest BCUT2D eigenvalue weighted by atomic mass is 16.5. The molecule has 10 nitrogen and oxygen atoms in total. The molecule has 0 spiro atoms. The van der Waals surface area contributed by atoms with Crippen LogP contribution in [0.3, 0.4) is 0 Å². The SMILES string of the molecule is COC(=O)C(C(=O)OC)[C@H](C)[C@@H](NC(=O)[C@@H](Cc1ccccc1)NC(C)=O)C(N)=O. The third-order valence-corrected chi connectivity index (χ3v) is 4.54. The highest BCUT2D eigenvalue weighted by Gasteiger charge is 2.41. The van der Waals surface area contributed by atoms with Crippen LogP contribution >= 0.6 is 0 Å². The number of methoxy groups -OCH3 is 2. The normalized spacial score (nSPS) is 13.5. The fraction of sp³-hybridized carbons (Fsp3) is 0.450. The molecule has 0 saturated carbocycles. The summed E-state index contributed by atoms with van der Waals surface area (Å²) in [6.07, 6.45) is 0.156. The van der Waals surface area contributed by atoms with Gasteiger partial charge in [0.05, 0.1) is 14.2 Å². The van der Waals surface area contributed by atoms with Crippen molar-refractivity contribution in [1.29, 1.82) is 0 Å². The maximum atomic E-state index is 12.8. The summed E-state index contributed by atoms with van der Waals surface area (Å²) >= 11 is 0. The minimum atomic E-state index is -1.48. The number of rotatable bonds is 10. The van der Waals surface area contributed by atoms with E-state index < -0.39 is 53.6 Å². The Morgan fingerprint density at radius 1 is 0.967 bits per heavy atom. The Hall–Kier alpha value is -3.43. The fourth-order valence-electron chi connectivity index (χ4n) is 2.99. The predicted octanol–water partition coefficient (Wildman–Crippen LogP) is -0.698. The molecule has 0 aliphatic heterocycles. The Labute approximate surface area is 174 Å². The van der Waals surface area contributed by atoms with Gasteiger partial charge in [0.1, 0.15) is 12.1 Å². The lowest BCUT2D eigenvalue weighted by Gasteiger charge is -2.28. The van der Waals surface area contributed by atoms with Crippen LogP contribution in [0.2, 0.25) is 0 Å². The summed E-state index contributed by atoms with van der Waals surface area (Å²) in [5.74, 6) is -6.52. The van der Waals surface area contributed by atoms with Crippen LogP contribution in [0.25, 0.3) is 0 Å². The van der Waals surface area contributed by atoms with Crippen LogP contribution in [0.1, 0.15) is 19.4 Å². The Bertz CT molecular complexity index is 766. The monoisotopic (exact) mass is 421 g/mol. The van der Waals surface area contributed by atoms with E-state index in [2.05, 4.69) is 20.1 Å². The van der Waals surface area contributed by atoms with Crippen LogP contribution in [0.15, 0.2) is 30.3 Å². The van der Waals surface area contributed by atoms with Gasteiger partial charge in [-0.05, 0) is 5.56 Å². The lowest BCUT2D eigenvalue weighted by atomic mass is 9.86. The molecule has 10 heteroatoms. The number of nitrogens with one attached hydrogen (secondary N) is 2. The van der Waals surface area contributed by atoms with Gasteiger partial charge in [-0.1, -0.05) is 37.3 Å². The minimum absolute atomic E-state index is 0.156. The van der Waals surface area contributed by atoms with E-state index in [0.29, 0.717) is 0 Å². The molecular formula is C20H27N3O7. The lowest BCUT2D eigenvalue weighted by molar-refractivity contribution is -0.162. The second kappa shape index (κ2) is 11.5. The number of carbonyl (C=O) groups excluding carboxylic acids is 5. The van der Waals surface area contributed by atoms with Gasteiger partial charge in [0.25, 0.3) is 0 Å². The molecular weight excluding hydrogens is 394 g/mol. The van der Waals surface area contributed by atoms with Gasteiger partial charge in [0, 0.05) is 19.3 Å². The molecule has 0 aromatic heterocycles. The first-order valence-corrected chi connectivity index (χ1v) is 9.18. The van der Waals surface area contributed by atoms with E-state index in [1.54, 1.807) is 24.3 Å². The van der Waals surface area contributed by atoms with E-state index in [1.807, 2.05) is 6.07 Å². The van der Waals surface area contributed by atoms with Gasteiger partial charge >= 0.3 is 11.9 Å². The Kier molecular flexibility index (Phi) is 9.47. The van der Waals surface area contributed by atoms with Crippen LogP contribution in [-0.4, -0.2) is 56.0 Å². The number of ether oxygens (including phenoxy) is 2. The number of nitrogens with two attached hydrogens (primary N) is 1. The fourth-order valence-corrected chi connectivity index (χ4v) is 2.99. The van der Waals surface area contributed by atoms with E-state index in [9.17, 15) is 24.0 Å². The molecule has 0 saturated heterocycles. The van der Waals surface area contributed by atoms with Crippen molar-refractivity contribution in [2.75, 3.05) is 14.2 Å². The van der Waals surface area contributed by atoms with Gasteiger partial charge in [-0.25, -0.2) is 0 Å². The molecule has 3 amide bonds. The van der Waals surface area contributed by atoms with Crippen LogP contribution < -0.4 is 16.4 Å². The van der Waals surface area contributed by atoms with E-state index >= 15 is 0 Å². The topological polar surface area (TPSA) is 154 Å². The summed E-state index contributed by atoms with van der Waals surface area (Å²) in [7, 11) is 2.16. The van der Waals surface area contributed by atoms with Crippen molar-refractivity contribution in [3.05, 3.63) is 35.9 Å². The van der Waals surface area contributed by atoms with Crippen molar-refractivity contribution in [2.45, 2.75) is 32.4 Å². The standard InChI is InChI=1S/C20H27N3O7/c1-11(15(19(27)29-3)20(28)30-4)16(17(21)25)23-18(26)14(22-12(2)24)10-13-8-6-5-7-9-13/h5-9,11,14-16H,10H2,1-4H3,(H2,21,25)(H,22,24)(H,23,26)/t11-,14+,16+/m0/s1. The van der Waals surface area contributed by atoms with Crippen molar-refractivity contribution in [1.82, 2.24) is 10.6 Å². The van der Waals surface area contributed by atoms with E-state index in [-0.39, 0.29) is 6.42 Å². The van der Waals surface area contributed by atoms with Gasteiger partial charge in [-0.15, -0.1) is 0 Å². The molecule has 0 bridgehead atoms. The molecule has 0 fully saturated rings. The van der Waals surface area contributed by atoms with Gasteiger partial charge in [-0.3, -0.25) is 24.0 Å². The zero-order valence-corrected chi connectivity index (χ0v) is 17.3. The Morgan fingerprint density at radius 2 is 1.50 bits per heavy atom. The minimum Gasteiger partial charge on any atom is -0.468 e. The average molecular weight is 421 g/mol. The van der Waals surface area contributed by atoms with E-state index in [0.717, 1.165) is 19.8 Å². The number of esters is 2. The van der Waals surface area contributed by atoms with Crippen molar-refractivity contribution < 1.29 is 33.4 Å². The number of hydrogen-bond donors (Lipinski definition) is 3. The summed E-state index contributed by atoms with van der Waals surface area (Å²) in [5, 5.41) is 4.96. The van der Waals surface area contributed by atoms with E-state index in [1.165, 1.54) is 13.8 Å². The first-order chi connectivity index (χ1) is 14.1. The van der Waals surface area contributed by atoms with Gasteiger partial charge in [0.15, 0.2) is 5.92 Å². The molecule has 30 heavy (non-hydrogen) atoms. The first kappa shape index (κ1) is 24.6. The van der Waals surface area contributed by atoms with Crippen molar-refractivity contribution in [3.63, 3.8) is 0 Å². The molecule has 0 aliphatic carbocycles. The van der Waals surface area contributed by atoms with Crippen LogP contribution in [0, 0.1) is 11.8 Å². The third kappa shape index (κ3) is 6.87. The summed E-state index contributed by atoms with van der Waals surface area (Å²) in [4.78, 5) is 60.5. The largest absolute Gasteiger partial charge is 0.468 e. The molecule has 1 rings (SSSR count). The predicted molar refractivity (Wildman–Crippen MR) is 106 cm³/mol. The Morgan fingerprint density at radius 3 is 1.93 bits per heavy atom. The second-order valence-electron chi connectivity index (χ2n) is 6.71. The molecule has 0 heterocycles. The lowest BCUT2D eigenvalue weighted by Crippen LogP contribution is -2.57. The molecule has 3 atom stereocenters. The van der Waals surface area contributed by atoms with Crippen LogP contribution in [0.4, 0.5) is 0 Å². The average Bonchev–Trinajstić information content (AvgIpc) is 2.71. The third-order valence-electron chi connectivity index (χ3n) is 4.54. The molecule has 1 aromatic carbocycles. The molecule has 0 aliphatic rings. The maximum Gasteiger partial charge on any atom is 0.320 e. The highest BCUT2D eigenvalue weighted by Crippen LogP contribution is 2.20. The molecule has 0 unspecified atom stereocenters. The summed E-state index contributed by atoms with van der Waals surface area (Å²) < 4.78 is 9.22. The number of hydrogen-bond acceptors (Lipinski definition) is 7. The molecule has 1 aromatic rings. The highest BCUT2D eigenvalue weighted by molar-refractivity contribution is 5.97. The van der Waals surface area contributed by atoms with Crippen molar-refractivity contribution in [3.8, 4) is 0 Å². The summed E-state index contributed by atoms with van der Waals surface area (Å²) in [5.41, 5.74) is 6.19. The first-order valence-electron chi connectivity index (χ1n) is 9.18. The molecule has 164 valence electrons. The molecule has 0 radical (unpaired) electrons. The summed E-state index contributed by atoms with van der Waals surface area (Å²) in [6.45, 7) is 2.64. The number of amides is 3. The number of benzene rings is 1. The van der Waals surface area contributed by atoms with Crippen LogP contribution in [-0.2, 0) is 39.9 Å². The quantitative estimate of drug-likeness (QED) is 0.333. The Balaban J connectivity index is 3.11. The second-order valence-corrected chi connectivity index (χ2v) is 6.71. The number of primary amides is 1. The summed E-state index contributed by atoms with van der Waals surface area (Å²) in [6, 6.07) is 6.53. The van der Waals surface area contributed by atoms with E-state index in [4.69, 9.17) is 5.73 Å². The smallest absolute Gasteiger partial charge is 0.320 e. The van der Waals surface area contributed by atoms with Crippen molar-refractivity contribution >= 4 is 29.7 Å². The number of carbonyl (C=O) groups is 5. The van der Waals surface area contributed by atoms with Gasteiger partial charge in [0.2, 0.25) is 17.7 Å². The molecule has 4 N–H and O–H groups in total. The van der Waals surface area contributed by atoms with Gasteiger partial charge in [-0.2, -0.15) is 0 Å². The zero-order chi connectivity index (χ0) is 22.8.